The molecule has 1 aliphatic heterocycles. The monoisotopic (exact) mass is 432 g/mol. The molecule has 0 radical (unpaired) electrons. The number of aromatic nitrogens is 2. The smallest absolute Gasteiger partial charge is 0.251 e. The summed E-state index contributed by atoms with van der Waals surface area (Å²) >= 11 is 0. The van der Waals surface area contributed by atoms with Gasteiger partial charge in [0.25, 0.3) is 5.91 Å². The molecule has 3 aromatic rings. The number of carbonyl (C=O) groups is 2. The molecule has 1 N–H and O–H groups in total. The fourth-order valence-electron chi connectivity index (χ4n) is 4.28. The molecule has 2 amide bonds. The Morgan fingerprint density at radius 1 is 1.06 bits per heavy atom. The first-order chi connectivity index (χ1) is 15.3. The van der Waals surface area contributed by atoms with E-state index < -0.39 is 0 Å². The lowest BCUT2D eigenvalue weighted by molar-refractivity contribution is -0.134. The van der Waals surface area contributed by atoms with Gasteiger partial charge in [-0.15, -0.1) is 0 Å². The number of benzene rings is 1. The Labute approximate surface area is 189 Å². The zero-order chi connectivity index (χ0) is 22.7. The molecule has 4 rings (SSSR count). The van der Waals surface area contributed by atoms with Crippen LogP contribution in [-0.4, -0.2) is 39.2 Å². The Hall–Kier alpha value is -3.15. The summed E-state index contributed by atoms with van der Waals surface area (Å²) in [5.41, 5.74) is 3.81. The fraction of sp³-hybridized carbons (Fsp3) is 0.423. The topological polar surface area (TPSA) is 66.7 Å². The number of piperidine rings is 1. The molecule has 0 atom stereocenters. The first-order valence-electron chi connectivity index (χ1n) is 11.4. The van der Waals surface area contributed by atoms with E-state index in [2.05, 4.69) is 43.2 Å². The van der Waals surface area contributed by atoms with Crippen LogP contribution in [0.2, 0.25) is 0 Å². The largest absolute Gasteiger partial charge is 0.348 e. The van der Waals surface area contributed by atoms with Gasteiger partial charge in [0.05, 0.1) is 0 Å². The highest BCUT2D eigenvalue weighted by Crippen LogP contribution is 2.29. The quantitative estimate of drug-likeness (QED) is 0.650. The van der Waals surface area contributed by atoms with Crippen molar-refractivity contribution >= 4 is 17.5 Å². The molecule has 6 nitrogen and oxygen atoms in total. The van der Waals surface area contributed by atoms with Crippen molar-refractivity contribution in [3.8, 4) is 0 Å². The predicted octanol–water partition coefficient (Wildman–Crippen LogP) is 4.41. The standard InChI is InChI=1S/C26H32N4O2/c1-26(2,3)17-24(31)30-13-9-21(10-14-30)20-4-6-22(7-5-20)25(32)28-18-19-8-12-29-15-11-27-23(29)16-19/h4-8,11-12,15-16,21H,9-10,13-14,17-18H2,1-3H3,(H,28,32). The second-order valence-electron chi connectivity index (χ2n) is 9.92. The first-order valence-corrected chi connectivity index (χ1v) is 11.4. The van der Waals surface area contributed by atoms with Gasteiger partial charge in [0.15, 0.2) is 0 Å². The second-order valence-corrected chi connectivity index (χ2v) is 9.92. The average Bonchev–Trinajstić information content (AvgIpc) is 3.24. The average molecular weight is 433 g/mol. The summed E-state index contributed by atoms with van der Waals surface area (Å²) in [7, 11) is 0. The minimum Gasteiger partial charge on any atom is -0.348 e. The van der Waals surface area contributed by atoms with E-state index in [1.54, 1.807) is 6.20 Å². The van der Waals surface area contributed by atoms with Crippen molar-refractivity contribution in [1.82, 2.24) is 19.6 Å². The van der Waals surface area contributed by atoms with Crippen LogP contribution in [0.1, 0.15) is 67.4 Å². The molecule has 0 unspecified atom stereocenters. The number of carbonyl (C=O) groups excluding carboxylic acids is 2. The van der Waals surface area contributed by atoms with E-state index in [1.165, 1.54) is 5.56 Å². The van der Waals surface area contributed by atoms with Crippen LogP contribution in [0.3, 0.4) is 0 Å². The van der Waals surface area contributed by atoms with Crippen LogP contribution in [0.5, 0.6) is 0 Å². The fourth-order valence-corrected chi connectivity index (χ4v) is 4.28. The highest BCUT2D eigenvalue weighted by atomic mass is 16.2. The molecule has 32 heavy (non-hydrogen) atoms. The Balaban J connectivity index is 1.29. The number of nitrogens with zero attached hydrogens (tertiary/aromatic N) is 3. The van der Waals surface area contributed by atoms with Crippen LogP contribution >= 0.6 is 0 Å². The third-order valence-corrected chi connectivity index (χ3v) is 6.09. The Kier molecular flexibility index (Phi) is 6.31. The van der Waals surface area contributed by atoms with E-state index in [0.717, 1.165) is 37.1 Å². The van der Waals surface area contributed by atoms with Gasteiger partial charge in [0.2, 0.25) is 5.91 Å². The number of hydrogen-bond acceptors (Lipinski definition) is 3. The van der Waals surface area contributed by atoms with Gasteiger partial charge in [-0.1, -0.05) is 32.9 Å². The highest BCUT2D eigenvalue weighted by Gasteiger charge is 2.26. The molecule has 0 spiro atoms. The SMILES string of the molecule is CC(C)(C)CC(=O)N1CCC(c2ccc(C(=O)NCc3ccn4ccnc4c3)cc2)CC1. The predicted molar refractivity (Wildman–Crippen MR) is 125 cm³/mol. The molecule has 6 heteroatoms. The van der Waals surface area contributed by atoms with Gasteiger partial charge in [0.1, 0.15) is 5.65 Å². The molecule has 0 saturated carbocycles. The number of fused-ring (bicyclic) bond motifs is 1. The van der Waals surface area contributed by atoms with Crippen molar-refractivity contribution in [2.45, 2.75) is 52.5 Å². The lowest BCUT2D eigenvalue weighted by Gasteiger charge is -2.34. The van der Waals surface area contributed by atoms with Crippen LogP contribution in [0.25, 0.3) is 5.65 Å². The van der Waals surface area contributed by atoms with Crippen LogP contribution < -0.4 is 5.32 Å². The third kappa shape index (κ3) is 5.36. The van der Waals surface area contributed by atoms with Crippen LogP contribution in [0.15, 0.2) is 55.0 Å². The molecular formula is C26H32N4O2. The molecule has 1 aliphatic rings. The van der Waals surface area contributed by atoms with Gasteiger partial charge < -0.3 is 14.6 Å². The van der Waals surface area contributed by atoms with E-state index >= 15 is 0 Å². The van der Waals surface area contributed by atoms with Crippen molar-refractivity contribution in [3.63, 3.8) is 0 Å². The molecule has 3 heterocycles. The van der Waals surface area contributed by atoms with E-state index in [0.29, 0.717) is 24.4 Å². The lowest BCUT2D eigenvalue weighted by atomic mass is 9.87. The molecule has 1 aromatic carbocycles. The maximum Gasteiger partial charge on any atom is 0.251 e. The molecule has 1 fully saturated rings. The van der Waals surface area contributed by atoms with Crippen LogP contribution in [0, 0.1) is 5.41 Å². The van der Waals surface area contributed by atoms with Crippen molar-refractivity contribution < 1.29 is 9.59 Å². The summed E-state index contributed by atoms with van der Waals surface area (Å²) in [5.74, 6) is 0.615. The van der Waals surface area contributed by atoms with Gasteiger partial charge >= 0.3 is 0 Å². The number of likely N-dealkylation sites (tertiary alicyclic amines) is 1. The zero-order valence-electron chi connectivity index (χ0n) is 19.2. The lowest BCUT2D eigenvalue weighted by Crippen LogP contribution is -2.39. The highest BCUT2D eigenvalue weighted by molar-refractivity contribution is 5.94. The summed E-state index contributed by atoms with van der Waals surface area (Å²) < 4.78 is 1.94. The zero-order valence-corrected chi connectivity index (χ0v) is 19.2. The number of nitrogens with one attached hydrogen (secondary N) is 1. The number of pyridine rings is 1. The summed E-state index contributed by atoms with van der Waals surface area (Å²) in [4.78, 5) is 31.3. The van der Waals surface area contributed by atoms with Crippen molar-refractivity contribution in [2.24, 2.45) is 5.41 Å². The second kappa shape index (κ2) is 9.15. The van der Waals surface area contributed by atoms with Gasteiger partial charge in [-0.2, -0.15) is 0 Å². The van der Waals surface area contributed by atoms with Crippen LogP contribution in [-0.2, 0) is 11.3 Å². The Morgan fingerprint density at radius 2 is 1.78 bits per heavy atom. The van der Waals surface area contributed by atoms with E-state index in [4.69, 9.17) is 0 Å². The van der Waals surface area contributed by atoms with Crippen molar-refractivity contribution in [2.75, 3.05) is 13.1 Å². The number of hydrogen-bond donors (Lipinski definition) is 1. The normalized spacial score (nSPS) is 15.2. The molecule has 2 aromatic heterocycles. The summed E-state index contributed by atoms with van der Waals surface area (Å²) in [6, 6.07) is 11.9. The first kappa shape index (κ1) is 22.1. The van der Waals surface area contributed by atoms with E-state index in [-0.39, 0.29) is 17.2 Å². The van der Waals surface area contributed by atoms with Crippen molar-refractivity contribution in [3.05, 3.63) is 71.7 Å². The van der Waals surface area contributed by atoms with E-state index in [9.17, 15) is 9.59 Å². The summed E-state index contributed by atoms with van der Waals surface area (Å²) in [6.45, 7) is 8.39. The molecule has 0 aliphatic carbocycles. The van der Waals surface area contributed by atoms with Gasteiger partial charge in [-0.3, -0.25) is 9.59 Å². The van der Waals surface area contributed by atoms with Crippen LogP contribution in [0.4, 0.5) is 0 Å². The maximum absolute atomic E-state index is 12.6. The molecular weight excluding hydrogens is 400 g/mol. The molecule has 168 valence electrons. The molecule has 0 bridgehead atoms. The van der Waals surface area contributed by atoms with E-state index in [1.807, 2.05) is 46.0 Å². The number of imidazole rings is 1. The third-order valence-electron chi connectivity index (χ3n) is 6.09. The summed E-state index contributed by atoms with van der Waals surface area (Å²) in [5, 5.41) is 2.99. The molecule has 1 saturated heterocycles. The Morgan fingerprint density at radius 3 is 2.47 bits per heavy atom. The minimum atomic E-state index is -0.0811. The van der Waals surface area contributed by atoms with Crippen molar-refractivity contribution in [1.29, 1.82) is 0 Å². The maximum atomic E-state index is 12.6. The van der Waals surface area contributed by atoms with Gasteiger partial charge in [-0.25, -0.2) is 4.98 Å². The number of amides is 2. The summed E-state index contributed by atoms with van der Waals surface area (Å²) in [6.07, 6.45) is 8.13. The Bertz CT molecular complexity index is 1090. The van der Waals surface area contributed by atoms with Gasteiger partial charge in [-0.05, 0) is 59.6 Å². The minimum absolute atomic E-state index is 0.0242. The van der Waals surface area contributed by atoms with Gasteiger partial charge in [0, 0.05) is 50.2 Å². The number of rotatable bonds is 5.